The van der Waals surface area contributed by atoms with Crippen molar-refractivity contribution in [1.82, 2.24) is 0 Å². The molecule has 0 aromatic heterocycles. The Labute approximate surface area is 305 Å². The largest absolute Gasteiger partial charge is 0.309 e. The minimum Gasteiger partial charge on any atom is -0.309 e. The Kier molecular flexibility index (Phi) is 6.80. The minimum atomic E-state index is -0.133. The first-order valence-corrected chi connectivity index (χ1v) is 18.8. The zero-order valence-electron chi connectivity index (χ0n) is 31.5. The van der Waals surface area contributed by atoms with Gasteiger partial charge in [-0.15, -0.1) is 0 Å². The van der Waals surface area contributed by atoms with E-state index in [2.05, 4.69) is 188 Å². The Balaban J connectivity index is 1.42. The zero-order valence-corrected chi connectivity index (χ0v) is 31.5. The number of fused-ring (bicyclic) bond motifs is 7. The molecule has 0 spiro atoms. The van der Waals surface area contributed by atoms with Gasteiger partial charge in [0.2, 0.25) is 0 Å². The third-order valence-electron chi connectivity index (χ3n) is 12.9. The number of rotatable bonds is 4. The van der Waals surface area contributed by atoms with Crippen molar-refractivity contribution in [2.24, 2.45) is 0 Å². The van der Waals surface area contributed by atoms with Crippen molar-refractivity contribution in [3.63, 3.8) is 0 Å². The van der Waals surface area contributed by atoms with E-state index < -0.39 is 0 Å². The lowest BCUT2D eigenvalue weighted by atomic mass is 9.61. The molecule has 0 heterocycles. The van der Waals surface area contributed by atoms with E-state index in [9.17, 15) is 0 Å². The van der Waals surface area contributed by atoms with Crippen molar-refractivity contribution >= 4 is 17.1 Å². The lowest BCUT2D eigenvalue weighted by molar-refractivity contribution is 0.333. The maximum Gasteiger partial charge on any atom is 0.0543 e. The molecule has 0 aliphatic heterocycles. The molecule has 0 atom stereocenters. The predicted octanol–water partition coefficient (Wildman–Crippen LogP) is 13.8. The van der Waals surface area contributed by atoms with Gasteiger partial charge < -0.3 is 4.90 Å². The molecule has 0 amide bonds. The molecular weight excluding hydrogens is 615 g/mol. The van der Waals surface area contributed by atoms with Crippen LogP contribution >= 0.6 is 0 Å². The quantitative estimate of drug-likeness (QED) is 0.181. The Bertz CT molecular complexity index is 2370. The summed E-state index contributed by atoms with van der Waals surface area (Å²) in [5.41, 5.74) is 20.2. The number of para-hydroxylation sites is 1. The van der Waals surface area contributed by atoms with E-state index in [-0.39, 0.29) is 21.7 Å². The van der Waals surface area contributed by atoms with Gasteiger partial charge in [-0.3, -0.25) is 0 Å². The monoisotopic (exact) mass is 663 g/mol. The van der Waals surface area contributed by atoms with E-state index >= 15 is 0 Å². The Morgan fingerprint density at radius 3 is 1.69 bits per heavy atom. The molecule has 6 aromatic carbocycles. The highest BCUT2D eigenvalue weighted by atomic mass is 15.1. The fourth-order valence-electron chi connectivity index (χ4n) is 10.00. The van der Waals surface area contributed by atoms with Crippen LogP contribution in [-0.2, 0) is 21.7 Å². The number of nitrogens with zero attached hydrogens (tertiary/aromatic N) is 1. The number of hydrogen-bond acceptors (Lipinski definition) is 1. The van der Waals surface area contributed by atoms with Crippen LogP contribution in [-0.4, -0.2) is 0 Å². The van der Waals surface area contributed by atoms with Gasteiger partial charge in [-0.2, -0.15) is 0 Å². The lowest BCUT2D eigenvalue weighted by Crippen LogP contribution is -2.34. The molecule has 3 aliphatic carbocycles. The maximum atomic E-state index is 2.59. The molecule has 0 N–H and O–H groups in total. The molecule has 0 bridgehead atoms. The highest BCUT2D eigenvalue weighted by Crippen LogP contribution is 2.59. The highest BCUT2D eigenvalue weighted by molar-refractivity contribution is 6.00. The van der Waals surface area contributed by atoms with E-state index in [0.717, 1.165) is 0 Å². The van der Waals surface area contributed by atoms with Gasteiger partial charge in [-0.1, -0.05) is 152 Å². The van der Waals surface area contributed by atoms with Crippen LogP contribution in [0.3, 0.4) is 0 Å². The minimum absolute atomic E-state index is 0.0451. The van der Waals surface area contributed by atoms with Crippen molar-refractivity contribution in [3.8, 4) is 33.4 Å². The molecule has 0 fully saturated rings. The molecule has 0 radical (unpaired) electrons. The third kappa shape index (κ3) is 4.53. The molecule has 0 saturated heterocycles. The number of anilines is 3. The predicted molar refractivity (Wildman–Crippen MR) is 217 cm³/mol. The van der Waals surface area contributed by atoms with Gasteiger partial charge >= 0.3 is 0 Å². The molecular formula is C50H49N. The van der Waals surface area contributed by atoms with Crippen LogP contribution in [0.1, 0.15) is 102 Å². The van der Waals surface area contributed by atoms with Crippen LogP contribution in [0.4, 0.5) is 17.1 Å². The molecule has 51 heavy (non-hydrogen) atoms. The summed E-state index contributed by atoms with van der Waals surface area (Å²) in [4.78, 5) is 2.59. The molecule has 0 unspecified atom stereocenters. The van der Waals surface area contributed by atoms with Crippen LogP contribution in [0.15, 0.2) is 127 Å². The molecule has 3 aliphatic rings. The molecule has 1 heteroatoms. The fourth-order valence-corrected chi connectivity index (χ4v) is 10.00. The first kappa shape index (κ1) is 32.1. The van der Waals surface area contributed by atoms with Gasteiger partial charge in [0.1, 0.15) is 0 Å². The summed E-state index contributed by atoms with van der Waals surface area (Å²) in [5.74, 6) is 0. The van der Waals surface area contributed by atoms with E-state index in [0.29, 0.717) is 0 Å². The normalized spacial score (nSPS) is 17.9. The van der Waals surface area contributed by atoms with Gasteiger partial charge in [0.25, 0.3) is 0 Å². The zero-order chi connectivity index (χ0) is 35.5. The van der Waals surface area contributed by atoms with Gasteiger partial charge in [-0.25, -0.2) is 0 Å². The molecule has 254 valence electrons. The van der Waals surface area contributed by atoms with Crippen LogP contribution in [0, 0.1) is 0 Å². The average Bonchev–Trinajstić information content (AvgIpc) is 3.50. The Morgan fingerprint density at radius 1 is 0.392 bits per heavy atom. The first-order valence-electron chi connectivity index (χ1n) is 18.8. The smallest absolute Gasteiger partial charge is 0.0543 e. The van der Waals surface area contributed by atoms with E-state index in [4.69, 9.17) is 0 Å². The van der Waals surface area contributed by atoms with E-state index in [1.165, 1.54) is 96.7 Å². The van der Waals surface area contributed by atoms with Crippen molar-refractivity contribution < 1.29 is 0 Å². The fraction of sp³-hybridized carbons (Fsp3) is 0.280. The van der Waals surface area contributed by atoms with Crippen molar-refractivity contribution in [2.75, 3.05) is 4.90 Å². The second-order valence-electron chi connectivity index (χ2n) is 17.6. The summed E-state index contributed by atoms with van der Waals surface area (Å²) in [7, 11) is 0. The van der Waals surface area contributed by atoms with Gasteiger partial charge in [0.05, 0.1) is 11.4 Å². The van der Waals surface area contributed by atoms with Gasteiger partial charge in [0.15, 0.2) is 0 Å². The second-order valence-corrected chi connectivity index (χ2v) is 17.6. The van der Waals surface area contributed by atoms with Crippen molar-refractivity contribution in [3.05, 3.63) is 161 Å². The highest BCUT2D eigenvalue weighted by Gasteiger charge is 2.42. The Hall–Kier alpha value is -4.88. The molecule has 6 aromatic rings. The van der Waals surface area contributed by atoms with E-state index in [1.54, 1.807) is 0 Å². The first-order chi connectivity index (χ1) is 24.3. The summed E-state index contributed by atoms with van der Waals surface area (Å²) >= 11 is 0. The Morgan fingerprint density at radius 2 is 0.941 bits per heavy atom. The number of hydrogen-bond donors (Lipinski definition) is 0. The van der Waals surface area contributed by atoms with Crippen molar-refractivity contribution in [1.29, 1.82) is 0 Å². The maximum absolute atomic E-state index is 2.59. The van der Waals surface area contributed by atoms with Crippen LogP contribution in [0.25, 0.3) is 33.4 Å². The topological polar surface area (TPSA) is 3.24 Å². The van der Waals surface area contributed by atoms with E-state index in [1.807, 2.05) is 0 Å². The average molecular weight is 664 g/mol. The summed E-state index contributed by atoms with van der Waals surface area (Å²) in [6.07, 6.45) is 2.36. The summed E-state index contributed by atoms with van der Waals surface area (Å²) in [6.45, 7) is 19.4. The number of benzene rings is 6. The van der Waals surface area contributed by atoms with Crippen LogP contribution < -0.4 is 4.90 Å². The summed E-state index contributed by atoms with van der Waals surface area (Å²) in [5, 5.41) is 0. The lowest BCUT2D eigenvalue weighted by Gasteiger charge is -2.43. The summed E-state index contributed by atoms with van der Waals surface area (Å²) < 4.78 is 0. The SMILES string of the molecule is CC1(C)CCC(C)(C)c2c(-c3cc4c(cc3N(c3ccccc3)c3cccc5c3-c3ccccc3C5(C)C)C(C)(C)c3ccccc3-4)cccc21. The van der Waals surface area contributed by atoms with Gasteiger partial charge in [-0.05, 0) is 110 Å². The molecule has 1 nitrogen and oxygen atoms in total. The molecule has 9 rings (SSSR count). The van der Waals surface area contributed by atoms with Crippen LogP contribution in [0.2, 0.25) is 0 Å². The standard InChI is InChI=1S/C50H49N/c1-47(2)28-29-48(3,4)46-34(22-16-26-41(46)47)37-30-36-33-20-12-14-23-38(33)50(7,8)42(36)31-44(37)51(32-18-10-9-11-19-32)43-27-17-25-40-45(43)35-21-13-15-24-39(35)49(40,5)6/h9-27,30-31H,28-29H2,1-8H3. The third-order valence-corrected chi connectivity index (χ3v) is 12.9. The van der Waals surface area contributed by atoms with Gasteiger partial charge in [0, 0.05) is 27.6 Å². The van der Waals surface area contributed by atoms with Crippen LogP contribution in [0.5, 0.6) is 0 Å². The second kappa shape index (κ2) is 10.8. The molecule has 0 saturated carbocycles. The summed E-state index contributed by atoms with van der Waals surface area (Å²) in [6, 6.07) is 48.5. The van der Waals surface area contributed by atoms with Crippen molar-refractivity contribution in [2.45, 2.75) is 89.9 Å².